The van der Waals surface area contributed by atoms with Gasteiger partial charge in [0.25, 0.3) is 0 Å². The lowest BCUT2D eigenvalue weighted by Crippen LogP contribution is -2.37. The molecule has 3 rings (SSSR count). The van der Waals surface area contributed by atoms with E-state index in [1.807, 2.05) is 10.3 Å². The number of carbonyl (C=O) groups is 1. The van der Waals surface area contributed by atoms with Crippen LogP contribution < -0.4 is 5.32 Å². The number of amides is 2. The molecule has 0 bridgehead atoms. The van der Waals surface area contributed by atoms with Crippen molar-refractivity contribution in [2.75, 3.05) is 18.4 Å². The van der Waals surface area contributed by atoms with Gasteiger partial charge in [-0.2, -0.15) is 5.10 Å². The summed E-state index contributed by atoms with van der Waals surface area (Å²) in [7, 11) is 0. The van der Waals surface area contributed by atoms with Crippen LogP contribution >= 0.6 is 11.3 Å². The molecule has 21 heavy (non-hydrogen) atoms. The molecular weight excluding hydrogens is 286 g/mol. The molecule has 0 aromatic carbocycles. The minimum absolute atomic E-state index is 0.0528. The molecule has 2 aromatic heterocycles. The highest BCUT2D eigenvalue weighted by molar-refractivity contribution is 7.13. The van der Waals surface area contributed by atoms with Crippen LogP contribution in [0.25, 0.3) is 10.7 Å². The van der Waals surface area contributed by atoms with Gasteiger partial charge < -0.3 is 10.2 Å². The Labute approximate surface area is 127 Å². The molecule has 1 aliphatic heterocycles. The first-order valence-electron chi connectivity index (χ1n) is 7.23. The van der Waals surface area contributed by atoms with Crippen LogP contribution in [-0.2, 0) is 0 Å². The zero-order valence-electron chi connectivity index (χ0n) is 12.0. The number of rotatable bonds is 2. The second-order valence-electron chi connectivity index (χ2n) is 5.47. The van der Waals surface area contributed by atoms with E-state index in [9.17, 15) is 4.79 Å². The van der Waals surface area contributed by atoms with Crippen molar-refractivity contribution in [2.45, 2.75) is 26.2 Å². The molecule has 1 atom stereocenters. The van der Waals surface area contributed by atoms with Gasteiger partial charge in [0.1, 0.15) is 10.7 Å². The van der Waals surface area contributed by atoms with E-state index in [-0.39, 0.29) is 6.03 Å². The minimum atomic E-state index is -0.0528. The Morgan fingerprint density at radius 1 is 1.52 bits per heavy atom. The molecule has 1 unspecified atom stereocenters. The third kappa shape index (κ3) is 3.24. The number of nitrogens with one attached hydrogen (secondary N) is 2. The van der Waals surface area contributed by atoms with Gasteiger partial charge in [-0.1, -0.05) is 13.3 Å². The Balaban J connectivity index is 1.72. The van der Waals surface area contributed by atoms with Crippen LogP contribution in [0.15, 0.2) is 17.8 Å². The van der Waals surface area contributed by atoms with Crippen LogP contribution in [-0.4, -0.2) is 39.2 Å². The largest absolute Gasteiger partial charge is 0.324 e. The standard InChI is InChI=1S/C14H19N5OS/c1-10-4-2-3-6-19(9-10)14(20)17-11-8-16-18-12(11)13-15-5-7-21-13/h5,7-8,10H,2-4,6,9H2,1H3,(H,16,18)(H,17,20). The average Bonchev–Trinajstić information content (AvgIpc) is 3.08. The Morgan fingerprint density at radius 2 is 2.43 bits per heavy atom. The van der Waals surface area contributed by atoms with Crippen LogP contribution in [0.2, 0.25) is 0 Å². The van der Waals surface area contributed by atoms with Crippen LogP contribution in [0.3, 0.4) is 0 Å². The van der Waals surface area contributed by atoms with E-state index in [1.165, 1.54) is 24.2 Å². The molecule has 7 heteroatoms. The van der Waals surface area contributed by atoms with E-state index in [4.69, 9.17) is 0 Å². The van der Waals surface area contributed by atoms with Gasteiger partial charge in [0.15, 0.2) is 0 Å². The molecule has 1 aliphatic rings. The number of carbonyl (C=O) groups excluding carboxylic acids is 1. The van der Waals surface area contributed by atoms with Gasteiger partial charge >= 0.3 is 6.03 Å². The summed E-state index contributed by atoms with van der Waals surface area (Å²) in [6.07, 6.45) is 6.84. The maximum Gasteiger partial charge on any atom is 0.321 e. The number of likely N-dealkylation sites (tertiary alicyclic amines) is 1. The minimum Gasteiger partial charge on any atom is -0.324 e. The quantitative estimate of drug-likeness (QED) is 0.895. The SMILES string of the molecule is CC1CCCCN(C(=O)Nc2cn[nH]c2-c2nccs2)C1. The third-order valence-corrected chi connectivity index (χ3v) is 4.51. The first-order chi connectivity index (χ1) is 10.2. The fraction of sp³-hybridized carbons (Fsp3) is 0.500. The summed E-state index contributed by atoms with van der Waals surface area (Å²) in [4.78, 5) is 18.6. The van der Waals surface area contributed by atoms with Crippen LogP contribution in [0.1, 0.15) is 26.2 Å². The van der Waals surface area contributed by atoms with Gasteiger partial charge in [0.05, 0.1) is 11.9 Å². The van der Waals surface area contributed by atoms with Crippen LogP contribution in [0.4, 0.5) is 10.5 Å². The van der Waals surface area contributed by atoms with E-state index in [1.54, 1.807) is 12.4 Å². The summed E-state index contributed by atoms with van der Waals surface area (Å²) in [6, 6.07) is -0.0528. The number of aromatic nitrogens is 3. The zero-order valence-corrected chi connectivity index (χ0v) is 12.8. The fourth-order valence-corrected chi connectivity index (χ4v) is 3.27. The monoisotopic (exact) mass is 305 g/mol. The highest BCUT2D eigenvalue weighted by Crippen LogP contribution is 2.27. The number of H-pyrrole nitrogens is 1. The maximum absolute atomic E-state index is 12.4. The Kier molecular flexibility index (Phi) is 4.19. The maximum atomic E-state index is 12.4. The van der Waals surface area contributed by atoms with E-state index >= 15 is 0 Å². The van der Waals surface area contributed by atoms with E-state index in [2.05, 4.69) is 27.4 Å². The molecule has 0 radical (unpaired) electrons. The fourth-order valence-electron chi connectivity index (χ4n) is 2.62. The lowest BCUT2D eigenvalue weighted by molar-refractivity contribution is 0.207. The van der Waals surface area contributed by atoms with Gasteiger partial charge in [-0.3, -0.25) is 5.10 Å². The van der Waals surface area contributed by atoms with Crippen molar-refractivity contribution < 1.29 is 4.79 Å². The molecule has 1 fully saturated rings. The summed E-state index contributed by atoms with van der Waals surface area (Å²) in [5.74, 6) is 0.557. The first-order valence-corrected chi connectivity index (χ1v) is 8.11. The zero-order chi connectivity index (χ0) is 14.7. The summed E-state index contributed by atoms with van der Waals surface area (Å²) in [5.41, 5.74) is 1.45. The number of aromatic amines is 1. The number of urea groups is 1. The van der Waals surface area contributed by atoms with Crippen LogP contribution in [0.5, 0.6) is 0 Å². The van der Waals surface area contributed by atoms with Gasteiger partial charge in [-0.25, -0.2) is 9.78 Å². The summed E-state index contributed by atoms with van der Waals surface area (Å²) in [5, 5.41) is 12.6. The van der Waals surface area contributed by atoms with Crippen molar-refractivity contribution in [2.24, 2.45) is 5.92 Å². The van der Waals surface area contributed by atoms with Gasteiger partial charge in [0.2, 0.25) is 0 Å². The lowest BCUT2D eigenvalue weighted by Gasteiger charge is -2.22. The van der Waals surface area contributed by atoms with Gasteiger partial charge in [-0.05, 0) is 18.8 Å². The molecule has 2 amide bonds. The number of thiazole rings is 1. The number of nitrogens with zero attached hydrogens (tertiary/aromatic N) is 3. The molecule has 6 nitrogen and oxygen atoms in total. The lowest BCUT2D eigenvalue weighted by atomic mass is 10.1. The number of anilines is 1. The Bertz CT molecular complexity index is 594. The Hall–Kier alpha value is -1.89. The van der Waals surface area contributed by atoms with Gasteiger partial charge in [0, 0.05) is 24.7 Å². The molecule has 0 spiro atoms. The molecule has 2 aromatic rings. The van der Waals surface area contributed by atoms with Gasteiger partial charge in [-0.15, -0.1) is 11.3 Å². The predicted octanol–water partition coefficient (Wildman–Crippen LogP) is 3.19. The highest BCUT2D eigenvalue weighted by Gasteiger charge is 2.21. The van der Waals surface area contributed by atoms with Crippen molar-refractivity contribution in [1.82, 2.24) is 20.1 Å². The number of hydrogen-bond donors (Lipinski definition) is 2. The summed E-state index contributed by atoms with van der Waals surface area (Å²) in [6.45, 7) is 3.83. The Morgan fingerprint density at radius 3 is 3.24 bits per heavy atom. The van der Waals surface area contributed by atoms with Crippen LogP contribution in [0, 0.1) is 5.92 Å². The molecular formula is C14H19N5OS. The smallest absolute Gasteiger partial charge is 0.321 e. The second-order valence-corrected chi connectivity index (χ2v) is 6.37. The molecule has 1 saturated heterocycles. The molecule has 0 aliphatic carbocycles. The van der Waals surface area contributed by atoms with E-state index in [0.29, 0.717) is 11.6 Å². The second kappa shape index (κ2) is 6.26. The topological polar surface area (TPSA) is 73.9 Å². The highest BCUT2D eigenvalue weighted by atomic mass is 32.1. The van der Waals surface area contributed by atoms with E-state index in [0.717, 1.165) is 30.2 Å². The van der Waals surface area contributed by atoms with Crippen molar-refractivity contribution in [1.29, 1.82) is 0 Å². The molecule has 112 valence electrons. The van der Waals surface area contributed by atoms with Crippen molar-refractivity contribution in [3.05, 3.63) is 17.8 Å². The summed E-state index contributed by atoms with van der Waals surface area (Å²) < 4.78 is 0. The summed E-state index contributed by atoms with van der Waals surface area (Å²) >= 11 is 1.51. The molecule has 3 heterocycles. The molecule has 2 N–H and O–H groups in total. The normalized spacial score (nSPS) is 19.3. The predicted molar refractivity (Wildman–Crippen MR) is 83.3 cm³/mol. The average molecular weight is 305 g/mol. The molecule has 0 saturated carbocycles. The first kappa shape index (κ1) is 14.1. The van der Waals surface area contributed by atoms with Crippen molar-refractivity contribution >= 4 is 23.1 Å². The number of hydrogen-bond acceptors (Lipinski definition) is 4. The van der Waals surface area contributed by atoms with E-state index < -0.39 is 0 Å². The third-order valence-electron chi connectivity index (χ3n) is 3.72. The van der Waals surface area contributed by atoms with Crippen molar-refractivity contribution in [3.63, 3.8) is 0 Å². The van der Waals surface area contributed by atoms with Crippen molar-refractivity contribution in [3.8, 4) is 10.7 Å².